The lowest BCUT2D eigenvalue weighted by molar-refractivity contribution is -0.162. The van der Waals surface area contributed by atoms with Crippen molar-refractivity contribution in [3.05, 3.63) is 40.9 Å². The van der Waals surface area contributed by atoms with E-state index in [0.29, 0.717) is 6.92 Å². The van der Waals surface area contributed by atoms with Crippen molar-refractivity contribution in [3.63, 3.8) is 0 Å². The lowest BCUT2D eigenvalue weighted by Crippen LogP contribution is -2.55. The van der Waals surface area contributed by atoms with Crippen LogP contribution in [0.15, 0.2) is 29.3 Å². The molecule has 0 aliphatic carbocycles. The minimum atomic E-state index is -4.76. The zero-order chi connectivity index (χ0) is 28.9. The molecule has 4 rings (SSSR count). The molecule has 2 aliphatic rings. The van der Waals surface area contributed by atoms with E-state index < -0.39 is 51.3 Å². The standard InChI is InChI=1S/C22H22ClF4N5O6S/c1-11(22(25,26)27)28-19(34)20(35)32-6-5-21(9-32)10-38-17-15(39(36,37)30-21)8-31(2)16(17)18(33)29-12-3-4-14(24)13(23)7-12/h3-4,7-8,11,30H,5-6,9-10H2,1-2H3,(H,28,34)(H,29,33)/t11-,21?/m0/s1. The number of nitrogens with zero attached hydrogens (tertiary/aromatic N) is 2. The Morgan fingerprint density at radius 3 is 2.59 bits per heavy atom. The molecule has 3 N–H and O–H groups in total. The van der Waals surface area contributed by atoms with E-state index in [4.69, 9.17) is 16.3 Å². The van der Waals surface area contributed by atoms with Crippen LogP contribution in [0.3, 0.4) is 0 Å². The summed E-state index contributed by atoms with van der Waals surface area (Å²) in [4.78, 5) is 38.2. The van der Waals surface area contributed by atoms with Gasteiger partial charge in [-0.1, -0.05) is 11.6 Å². The van der Waals surface area contributed by atoms with Gasteiger partial charge in [-0.25, -0.2) is 12.8 Å². The number of carbonyl (C=O) groups is 3. The number of halogens is 5. The first-order valence-corrected chi connectivity index (χ1v) is 13.2. The Kier molecular flexibility index (Phi) is 7.33. The number of anilines is 1. The van der Waals surface area contributed by atoms with Crippen molar-refractivity contribution < 1.29 is 45.1 Å². The van der Waals surface area contributed by atoms with Crippen molar-refractivity contribution in [1.29, 1.82) is 0 Å². The number of benzene rings is 1. The highest BCUT2D eigenvalue weighted by Gasteiger charge is 2.49. The second-order valence-corrected chi connectivity index (χ2v) is 11.3. The molecule has 3 amide bonds. The first-order valence-electron chi connectivity index (χ1n) is 11.3. The van der Waals surface area contributed by atoms with E-state index in [9.17, 15) is 40.4 Å². The highest BCUT2D eigenvalue weighted by atomic mass is 35.5. The van der Waals surface area contributed by atoms with Crippen molar-refractivity contribution in [2.24, 2.45) is 7.05 Å². The fourth-order valence-electron chi connectivity index (χ4n) is 4.24. The van der Waals surface area contributed by atoms with Gasteiger partial charge in [0.2, 0.25) is 10.0 Å². The van der Waals surface area contributed by atoms with Crippen molar-refractivity contribution in [3.8, 4) is 5.75 Å². The van der Waals surface area contributed by atoms with Gasteiger partial charge in [0.05, 0.1) is 10.6 Å². The van der Waals surface area contributed by atoms with E-state index in [0.717, 1.165) is 17.2 Å². The van der Waals surface area contributed by atoms with E-state index in [1.54, 1.807) is 5.32 Å². The molecule has 0 radical (unpaired) electrons. The Hall–Kier alpha value is -3.37. The zero-order valence-electron chi connectivity index (χ0n) is 20.4. The number of carbonyl (C=O) groups excluding carboxylic acids is 3. The van der Waals surface area contributed by atoms with Crippen molar-refractivity contribution in [2.45, 2.75) is 36.0 Å². The zero-order valence-corrected chi connectivity index (χ0v) is 21.9. The van der Waals surface area contributed by atoms with Crippen LogP contribution in [0.2, 0.25) is 5.02 Å². The molecule has 1 fully saturated rings. The second-order valence-electron chi connectivity index (χ2n) is 9.25. The first kappa shape index (κ1) is 28.6. The van der Waals surface area contributed by atoms with Gasteiger partial charge in [-0.05, 0) is 31.5 Å². The number of likely N-dealkylation sites (tertiary alicyclic amines) is 1. The molecule has 1 saturated heterocycles. The minimum Gasteiger partial charge on any atom is -0.488 e. The number of hydrogen-bond donors (Lipinski definition) is 3. The maximum Gasteiger partial charge on any atom is 0.408 e. The van der Waals surface area contributed by atoms with Crippen LogP contribution in [-0.4, -0.2) is 73.1 Å². The number of amides is 3. The summed E-state index contributed by atoms with van der Waals surface area (Å²) in [5, 5.41) is 3.82. The number of aromatic nitrogens is 1. The van der Waals surface area contributed by atoms with Crippen molar-refractivity contribution in [1.82, 2.24) is 19.5 Å². The molecule has 11 nitrogen and oxygen atoms in total. The van der Waals surface area contributed by atoms with Crippen molar-refractivity contribution >= 4 is 45.0 Å². The molecular formula is C22H22ClF4N5O6S. The summed E-state index contributed by atoms with van der Waals surface area (Å²) >= 11 is 5.75. The van der Waals surface area contributed by atoms with Gasteiger partial charge in [0.15, 0.2) is 11.4 Å². The summed E-state index contributed by atoms with van der Waals surface area (Å²) in [6.07, 6.45) is -3.63. The molecular weight excluding hydrogens is 574 g/mol. The van der Waals surface area contributed by atoms with Crippen LogP contribution < -0.4 is 20.1 Å². The normalized spacial score (nSPS) is 21.1. The predicted molar refractivity (Wildman–Crippen MR) is 128 cm³/mol. The molecule has 0 bridgehead atoms. The number of sulfonamides is 1. The summed E-state index contributed by atoms with van der Waals surface area (Å²) in [6, 6.07) is 1.19. The molecule has 3 heterocycles. The molecule has 1 aromatic carbocycles. The third-order valence-electron chi connectivity index (χ3n) is 6.30. The van der Waals surface area contributed by atoms with Crippen LogP contribution in [-0.2, 0) is 26.7 Å². The van der Waals surface area contributed by atoms with E-state index >= 15 is 0 Å². The van der Waals surface area contributed by atoms with Crippen LogP contribution in [0, 0.1) is 5.82 Å². The number of hydrogen-bond acceptors (Lipinski definition) is 6. The van der Waals surface area contributed by atoms with E-state index in [-0.39, 0.29) is 53.2 Å². The van der Waals surface area contributed by atoms with Crippen LogP contribution in [0.25, 0.3) is 0 Å². The predicted octanol–water partition coefficient (Wildman–Crippen LogP) is 1.78. The maximum absolute atomic E-state index is 13.5. The number of aryl methyl sites for hydroxylation is 1. The molecule has 2 atom stereocenters. The number of nitrogens with one attached hydrogen (secondary N) is 3. The SMILES string of the molecule is C[C@H](NC(=O)C(=O)N1CCC2(COc3c(cn(C)c3C(=O)Nc3ccc(F)c(Cl)c3)S(=O)(=O)N2)C1)C(F)(F)F. The van der Waals surface area contributed by atoms with Crippen molar-refractivity contribution in [2.75, 3.05) is 25.0 Å². The van der Waals surface area contributed by atoms with E-state index in [2.05, 4.69) is 10.0 Å². The number of alkyl halides is 3. The Bertz CT molecular complexity index is 1460. The van der Waals surface area contributed by atoms with Gasteiger partial charge < -0.3 is 24.8 Å². The van der Waals surface area contributed by atoms with Gasteiger partial charge in [0.25, 0.3) is 5.91 Å². The van der Waals surface area contributed by atoms with Gasteiger partial charge >= 0.3 is 18.0 Å². The summed E-state index contributed by atoms with van der Waals surface area (Å²) in [7, 11) is -2.92. The Balaban J connectivity index is 1.54. The van der Waals surface area contributed by atoms with Crippen LogP contribution in [0.5, 0.6) is 5.75 Å². The van der Waals surface area contributed by atoms with E-state index in [1.807, 2.05) is 0 Å². The highest BCUT2D eigenvalue weighted by molar-refractivity contribution is 7.89. The molecule has 2 aliphatic heterocycles. The monoisotopic (exact) mass is 595 g/mol. The average molecular weight is 596 g/mol. The Labute approximate surface area is 224 Å². The quantitative estimate of drug-likeness (QED) is 0.365. The lowest BCUT2D eigenvalue weighted by Gasteiger charge is -2.27. The maximum atomic E-state index is 13.5. The van der Waals surface area contributed by atoms with Gasteiger partial charge in [-0.15, -0.1) is 0 Å². The van der Waals surface area contributed by atoms with Crippen LogP contribution in [0.1, 0.15) is 23.8 Å². The molecule has 1 unspecified atom stereocenters. The largest absolute Gasteiger partial charge is 0.488 e. The summed E-state index contributed by atoms with van der Waals surface area (Å²) < 4.78 is 87.7. The number of fused-ring (bicyclic) bond motifs is 1. The fourth-order valence-corrected chi connectivity index (χ4v) is 6.03. The third-order valence-corrected chi connectivity index (χ3v) is 8.16. The van der Waals surface area contributed by atoms with Gasteiger partial charge in [-0.3, -0.25) is 14.4 Å². The fraction of sp³-hybridized carbons (Fsp3) is 0.409. The first-order chi connectivity index (χ1) is 18.0. The number of rotatable bonds is 3. The van der Waals surface area contributed by atoms with Crippen LogP contribution >= 0.6 is 11.6 Å². The molecule has 1 spiro atoms. The summed E-state index contributed by atoms with van der Waals surface area (Å²) in [6.45, 7) is -0.199. The second kappa shape index (κ2) is 9.98. The van der Waals surface area contributed by atoms with Gasteiger partial charge in [0, 0.05) is 32.0 Å². The minimum absolute atomic E-state index is 0.0217. The molecule has 17 heteroatoms. The molecule has 212 valence electrons. The highest BCUT2D eigenvalue weighted by Crippen LogP contribution is 2.37. The third kappa shape index (κ3) is 5.67. The molecule has 2 aromatic rings. The lowest BCUT2D eigenvalue weighted by atomic mass is 10.0. The Morgan fingerprint density at radius 1 is 1.26 bits per heavy atom. The van der Waals surface area contributed by atoms with Gasteiger partial charge in [-0.2, -0.15) is 17.9 Å². The average Bonchev–Trinajstić information content (AvgIpc) is 3.37. The molecule has 0 saturated carbocycles. The van der Waals surface area contributed by atoms with Crippen LogP contribution in [0.4, 0.5) is 23.2 Å². The summed E-state index contributed by atoms with van der Waals surface area (Å²) in [5.41, 5.74) is -1.47. The van der Waals surface area contributed by atoms with Gasteiger partial charge in [0.1, 0.15) is 23.4 Å². The molecule has 39 heavy (non-hydrogen) atoms. The summed E-state index contributed by atoms with van der Waals surface area (Å²) in [5.74, 6) is -4.52. The topological polar surface area (TPSA) is 139 Å². The Morgan fingerprint density at radius 2 is 1.95 bits per heavy atom. The number of ether oxygens (including phenoxy) is 1. The van der Waals surface area contributed by atoms with E-state index in [1.165, 1.54) is 23.7 Å². The molecule has 1 aromatic heterocycles. The smallest absolute Gasteiger partial charge is 0.408 e.